The number of carbonyl (C=O) groups excluding carboxylic acids is 2. The van der Waals surface area contributed by atoms with Crippen molar-refractivity contribution in [2.75, 3.05) is 0 Å². The Hall–Kier alpha value is -1.78. The van der Waals surface area contributed by atoms with Crippen molar-refractivity contribution in [2.24, 2.45) is 0 Å². The van der Waals surface area contributed by atoms with Crippen LogP contribution in [0.15, 0.2) is 12.1 Å². The molecule has 0 fully saturated rings. The quantitative estimate of drug-likeness (QED) is 0.616. The second-order valence-corrected chi connectivity index (χ2v) is 3.09. The zero-order valence-corrected chi connectivity index (χ0v) is 7.88. The van der Waals surface area contributed by atoms with Crippen molar-refractivity contribution in [3.63, 3.8) is 0 Å². The van der Waals surface area contributed by atoms with E-state index in [2.05, 4.69) is 0 Å². The van der Waals surface area contributed by atoms with Crippen LogP contribution in [-0.2, 0) is 4.79 Å². The van der Waals surface area contributed by atoms with E-state index < -0.39 is 35.4 Å². The normalized spacial score (nSPS) is 10.1. The standard InChI is InChI=1S/C10H8F2O3/c1-5(13)2-9(14)6-3-7(11)8(12)4-10(6)15/h3-4,15H,2H2,1H3. The second-order valence-electron chi connectivity index (χ2n) is 3.09. The van der Waals surface area contributed by atoms with Gasteiger partial charge in [-0.15, -0.1) is 0 Å². The van der Waals surface area contributed by atoms with Crippen molar-refractivity contribution in [1.29, 1.82) is 0 Å². The fourth-order valence-electron chi connectivity index (χ4n) is 1.08. The number of phenols is 1. The summed E-state index contributed by atoms with van der Waals surface area (Å²) in [5.74, 6) is -4.30. The van der Waals surface area contributed by atoms with Crippen molar-refractivity contribution in [3.8, 4) is 5.75 Å². The molecule has 0 bridgehead atoms. The molecule has 0 aliphatic heterocycles. The number of phenolic OH excluding ortho intramolecular Hbond substituents is 1. The lowest BCUT2D eigenvalue weighted by molar-refractivity contribution is -0.116. The number of hydrogen-bond donors (Lipinski definition) is 1. The van der Waals surface area contributed by atoms with E-state index in [4.69, 9.17) is 5.11 Å². The molecule has 0 heterocycles. The number of aromatic hydroxyl groups is 1. The topological polar surface area (TPSA) is 54.4 Å². The molecule has 1 rings (SSSR count). The van der Waals surface area contributed by atoms with Crippen LogP contribution in [0.5, 0.6) is 5.75 Å². The maximum absolute atomic E-state index is 12.7. The highest BCUT2D eigenvalue weighted by Crippen LogP contribution is 2.22. The largest absolute Gasteiger partial charge is 0.507 e. The average Bonchev–Trinajstić information content (AvgIpc) is 2.09. The van der Waals surface area contributed by atoms with Crippen LogP contribution < -0.4 is 0 Å². The Bertz CT molecular complexity index is 427. The first-order chi connectivity index (χ1) is 6.91. The van der Waals surface area contributed by atoms with Gasteiger partial charge in [0.1, 0.15) is 11.5 Å². The molecule has 0 saturated carbocycles. The van der Waals surface area contributed by atoms with Crippen LogP contribution in [0.3, 0.4) is 0 Å². The first-order valence-corrected chi connectivity index (χ1v) is 4.12. The zero-order chi connectivity index (χ0) is 11.6. The monoisotopic (exact) mass is 214 g/mol. The van der Waals surface area contributed by atoms with Crippen molar-refractivity contribution >= 4 is 11.6 Å². The number of rotatable bonds is 3. The van der Waals surface area contributed by atoms with Gasteiger partial charge in [0.05, 0.1) is 12.0 Å². The molecule has 0 unspecified atom stereocenters. The van der Waals surface area contributed by atoms with Gasteiger partial charge >= 0.3 is 0 Å². The number of ketones is 2. The molecule has 80 valence electrons. The molecule has 0 amide bonds. The van der Waals surface area contributed by atoms with Gasteiger partial charge in [0, 0.05) is 6.07 Å². The van der Waals surface area contributed by atoms with E-state index in [0.29, 0.717) is 12.1 Å². The predicted octanol–water partition coefficient (Wildman–Crippen LogP) is 1.83. The van der Waals surface area contributed by atoms with E-state index in [1.54, 1.807) is 0 Å². The van der Waals surface area contributed by atoms with Gasteiger partial charge in [0.25, 0.3) is 0 Å². The first-order valence-electron chi connectivity index (χ1n) is 4.12. The summed E-state index contributed by atoms with van der Waals surface area (Å²) in [6, 6.07) is 1.08. The molecular formula is C10H8F2O3. The summed E-state index contributed by atoms with van der Waals surface area (Å²) in [7, 11) is 0. The maximum atomic E-state index is 12.7. The van der Waals surface area contributed by atoms with Crippen LogP contribution in [0.1, 0.15) is 23.7 Å². The molecule has 15 heavy (non-hydrogen) atoms. The van der Waals surface area contributed by atoms with Gasteiger partial charge in [-0.05, 0) is 13.0 Å². The molecule has 5 heteroatoms. The van der Waals surface area contributed by atoms with Crippen molar-refractivity contribution in [2.45, 2.75) is 13.3 Å². The van der Waals surface area contributed by atoms with E-state index in [1.807, 2.05) is 0 Å². The molecule has 0 aliphatic carbocycles. The van der Waals surface area contributed by atoms with Crippen LogP contribution in [-0.4, -0.2) is 16.7 Å². The van der Waals surface area contributed by atoms with E-state index >= 15 is 0 Å². The molecule has 0 atom stereocenters. The molecule has 1 aromatic rings. The van der Waals surface area contributed by atoms with Crippen LogP contribution in [0.25, 0.3) is 0 Å². The van der Waals surface area contributed by atoms with Gasteiger partial charge in [-0.3, -0.25) is 9.59 Å². The first kappa shape index (κ1) is 11.3. The molecule has 0 aliphatic rings. The molecule has 1 aromatic carbocycles. The summed E-state index contributed by atoms with van der Waals surface area (Å²) in [4.78, 5) is 21.9. The van der Waals surface area contributed by atoms with Crippen molar-refractivity contribution in [3.05, 3.63) is 29.3 Å². The summed E-state index contributed by atoms with van der Waals surface area (Å²) in [5, 5.41) is 9.16. The summed E-state index contributed by atoms with van der Waals surface area (Å²) >= 11 is 0. The number of hydrogen-bond acceptors (Lipinski definition) is 3. The number of halogens is 2. The minimum Gasteiger partial charge on any atom is -0.507 e. The third kappa shape index (κ3) is 2.59. The molecule has 3 nitrogen and oxygen atoms in total. The number of Topliss-reactive ketones (excluding diaryl/α,β-unsaturated/α-hetero) is 2. The van der Waals surface area contributed by atoms with Crippen LogP contribution in [0, 0.1) is 11.6 Å². The molecule has 0 saturated heterocycles. The van der Waals surface area contributed by atoms with E-state index in [0.717, 1.165) is 0 Å². The van der Waals surface area contributed by atoms with Crippen LogP contribution in [0.2, 0.25) is 0 Å². The SMILES string of the molecule is CC(=O)CC(=O)c1cc(F)c(F)cc1O. The lowest BCUT2D eigenvalue weighted by atomic mass is 10.1. The van der Waals surface area contributed by atoms with Crippen LogP contribution in [0.4, 0.5) is 8.78 Å². The van der Waals surface area contributed by atoms with Gasteiger partial charge in [-0.25, -0.2) is 8.78 Å². The summed E-state index contributed by atoms with van der Waals surface area (Å²) in [6.45, 7) is 1.19. The van der Waals surface area contributed by atoms with E-state index in [1.165, 1.54) is 6.92 Å². The lowest BCUT2D eigenvalue weighted by Crippen LogP contribution is -2.06. The second kappa shape index (κ2) is 4.16. The fraction of sp³-hybridized carbons (Fsp3) is 0.200. The van der Waals surface area contributed by atoms with Crippen LogP contribution >= 0.6 is 0 Å². The molecule has 0 aromatic heterocycles. The fourth-order valence-corrected chi connectivity index (χ4v) is 1.08. The van der Waals surface area contributed by atoms with E-state index in [9.17, 15) is 18.4 Å². The van der Waals surface area contributed by atoms with Gasteiger partial charge in [-0.2, -0.15) is 0 Å². The summed E-state index contributed by atoms with van der Waals surface area (Å²) in [6.07, 6.45) is -0.446. The Morgan fingerprint density at radius 3 is 2.33 bits per heavy atom. The van der Waals surface area contributed by atoms with Gasteiger partial charge in [0.15, 0.2) is 17.4 Å². The molecule has 1 N–H and O–H groups in total. The van der Waals surface area contributed by atoms with Crippen molar-refractivity contribution in [1.82, 2.24) is 0 Å². The molecular weight excluding hydrogens is 206 g/mol. The van der Waals surface area contributed by atoms with Gasteiger partial charge < -0.3 is 5.11 Å². The highest BCUT2D eigenvalue weighted by molar-refractivity contribution is 6.08. The minimum atomic E-state index is -1.24. The minimum absolute atomic E-state index is 0.385. The summed E-state index contributed by atoms with van der Waals surface area (Å²) < 4.78 is 25.3. The summed E-state index contributed by atoms with van der Waals surface area (Å²) in [5.41, 5.74) is -0.385. The van der Waals surface area contributed by atoms with Crippen molar-refractivity contribution < 1.29 is 23.5 Å². The number of benzene rings is 1. The highest BCUT2D eigenvalue weighted by Gasteiger charge is 2.16. The smallest absolute Gasteiger partial charge is 0.174 e. The molecule has 0 spiro atoms. The highest BCUT2D eigenvalue weighted by atomic mass is 19.2. The Balaban J connectivity index is 3.09. The Kier molecular flexibility index (Phi) is 3.14. The van der Waals surface area contributed by atoms with E-state index in [-0.39, 0.29) is 5.56 Å². The third-order valence-electron chi connectivity index (χ3n) is 1.75. The Morgan fingerprint density at radius 1 is 1.27 bits per heavy atom. The lowest BCUT2D eigenvalue weighted by Gasteiger charge is -2.03. The maximum Gasteiger partial charge on any atom is 0.174 e. The third-order valence-corrected chi connectivity index (χ3v) is 1.75. The van der Waals surface area contributed by atoms with Gasteiger partial charge in [-0.1, -0.05) is 0 Å². The zero-order valence-electron chi connectivity index (χ0n) is 7.88. The molecule has 0 radical (unpaired) electrons. The van der Waals surface area contributed by atoms with Gasteiger partial charge in [0.2, 0.25) is 0 Å². The number of carbonyl (C=O) groups is 2. The Morgan fingerprint density at radius 2 is 1.80 bits per heavy atom. The Labute approximate surface area is 84.3 Å². The predicted molar refractivity (Wildman–Crippen MR) is 47.7 cm³/mol. The average molecular weight is 214 g/mol.